The first-order valence-corrected chi connectivity index (χ1v) is 14.5. The molecule has 0 aliphatic carbocycles. The monoisotopic (exact) mass is 565 g/mol. The van der Waals surface area contributed by atoms with Crippen molar-refractivity contribution >= 4 is 40.8 Å². The number of hydrogen-bond donors (Lipinski definition) is 1. The van der Waals surface area contributed by atoms with Gasteiger partial charge in [0.25, 0.3) is 0 Å². The molecule has 8 heteroatoms. The number of benzene rings is 2. The average Bonchev–Trinajstić information content (AvgIpc) is 3.47. The summed E-state index contributed by atoms with van der Waals surface area (Å²) < 4.78 is 0. The number of nitrogens with zero attached hydrogens (tertiary/aromatic N) is 4. The summed E-state index contributed by atoms with van der Waals surface area (Å²) in [4.78, 5) is 29.5. The van der Waals surface area contributed by atoms with Gasteiger partial charge in [-0.2, -0.15) is 0 Å². The maximum Gasteiger partial charge on any atom is 0.211 e. The summed E-state index contributed by atoms with van der Waals surface area (Å²) >= 11 is 5.62. The van der Waals surface area contributed by atoms with E-state index in [0.717, 1.165) is 11.6 Å². The maximum absolute atomic E-state index is 10.1. The highest BCUT2D eigenvalue weighted by atomic mass is 35.5. The van der Waals surface area contributed by atoms with E-state index in [9.17, 15) is 9.70 Å². The number of likely N-dealkylation sites (tertiary alicyclic amines) is 1. The molecule has 2 aromatic rings. The molecule has 2 aliphatic heterocycles. The molecule has 0 aromatic heterocycles. The van der Waals surface area contributed by atoms with Crippen LogP contribution in [0.2, 0.25) is 5.02 Å². The van der Waals surface area contributed by atoms with Crippen molar-refractivity contribution in [2.24, 2.45) is 16.1 Å². The van der Waals surface area contributed by atoms with Crippen LogP contribution in [-0.2, 0) is 4.79 Å². The number of halogens is 1. The van der Waals surface area contributed by atoms with Crippen LogP contribution in [0.1, 0.15) is 58.4 Å². The molecule has 2 aliphatic rings. The highest BCUT2D eigenvalue weighted by molar-refractivity contribution is 6.33. The number of piperidine rings is 1. The minimum Gasteiger partial charge on any atom is -0.372 e. The number of nitrogens with one attached hydrogen (secondary N) is 1. The lowest BCUT2D eigenvalue weighted by Crippen LogP contribution is -2.29. The molecule has 2 aromatic carbocycles. The number of hydrogen-bond acceptors (Lipinski definition) is 6. The molecule has 2 heterocycles. The van der Waals surface area contributed by atoms with E-state index < -0.39 is 0 Å². The lowest BCUT2D eigenvalue weighted by molar-refractivity contribution is -0.105. The third-order valence-corrected chi connectivity index (χ3v) is 6.89. The first kappa shape index (κ1) is 32.9. The predicted octanol–water partition coefficient (Wildman–Crippen LogP) is 8.23. The van der Waals surface area contributed by atoms with Crippen molar-refractivity contribution in [1.82, 2.24) is 4.90 Å². The Morgan fingerprint density at radius 1 is 1.02 bits per heavy atom. The largest absolute Gasteiger partial charge is 0.372 e. The number of rotatable bonds is 9. The van der Waals surface area contributed by atoms with E-state index in [-0.39, 0.29) is 10.7 Å². The molecule has 2 fully saturated rings. The van der Waals surface area contributed by atoms with Gasteiger partial charge in [-0.1, -0.05) is 50.2 Å². The molecule has 0 radical (unpaired) electrons. The highest BCUT2D eigenvalue weighted by Gasteiger charge is 2.12. The van der Waals surface area contributed by atoms with Gasteiger partial charge in [-0.3, -0.25) is 9.79 Å². The van der Waals surface area contributed by atoms with Gasteiger partial charge in [0.05, 0.1) is 5.02 Å². The predicted molar refractivity (Wildman–Crippen MR) is 171 cm³/mol. The standard InChI is InChI=1S/C17H22N2.C8H17N.C7H5ClN2O2/c1-3-4-12-18-15(2)16-8-10-17(11-9-16)19-13-6-5-7-14-19;1-8(2)7-9-5-3-4-6-9;8-6-3-5(9-4-11)1-2-7(6)10-12/h3-4,8-12H,1,5-7,13-14H2,2H3;8H,3-7H2,1-2H3;1-4H,(H,9,11)/b12-4-,18-15?;;. The van der Waals surface area contributed by atoms with Gasteiger partial charge in [0.15, 0.2) is 0 Å². The Morgan fingerprint density at radius 2 is 1.68 bits per heavy atom. The van der Waals surface area contributed by atoms with Crippen molar-refractivity contribution in [3.8, 4) is 0 Å². The van der Waals surface area contributed by atoms with E-state index >= 15 is 0 Å². The highest BCUT2D eigenvalue weighted by Crippen LogP contribution is 2.27. The van der Waals surface area contributed by atoms with Crippen LogP contribution in [0.3, 0.4) is 0 Å². The van der Waals surface area contributed by atoms with Crippen molar-refractivity contribution in [3.63, 3.8) is 0 Å². The molecular formula is C32H44ClN5O2. The summed E-state index contributed by atoms with van der Waals surface area (Å²) in [5.74, 6) is 0.850. The summed E-state index contributed by atoms with van der Waals surface area (Å²) in [6.07, 6.45) is 12.7. The smallest absolute Gasteiger partial charge is 0.211 e. The van der Waals surface area contributed by atoms with Crippen molar-refractivity contribution in [1.29, 1.82) is 0 Å². The molecule has 1 N–H and O–H groups in total. The minimum atomic E-state index is 0.160. The van der Waals surface area contributed by atoms with E-state index in [2.05, 4.69) is 70.0 Å². The Labute approximate surface area is 245 Å². The van der Waals surface area contributed by atoms with Gasteiger partial charge in [-0.05, 0) is 105 Å². The third-order valence-electron chi connectivity index (χ3n) is 6.59. The summed E-state index contributed by atoms with van der Waals surface area (Å²) in [5, 5.41) is 5.28. The molecule has 0 saturated carbocycles. The zero-order valence-electron chi connectivity index (χ0n) is 24.2. The molecule has 2 saturated heterocycles. The Bertz CT molecular complexity index is 1100. The minimum absolute atomic E-state index is 0.160. The van der Waals surface area contributed by atoms with Crippen LogP contribution < -0.4 is 10.2 Å². The quantitative estimate of drug-likeness (QED) is 0.144. The lowest BCUT2D eigenvalue weighted by atomic mass is 10.1. The maximum atomic E-state index is 10.1. The SMILES string of the molecule is C=C/C=C\N=C(C)c1ccc(N2CCCCC2)cc1.CC(C)CN1CCCC1.O=CNc1ccc(N=O)c(Cl)c1. The van der Waals surface area contributed by atoms with Crippen molar-refractivity contribution in [2.45, 2.75) is 52.9 Å². The van der Waals surface area contributed by atoms with Gasteiger partial charge in [0, 0.05) is 42.9 Å². The van der Waals surface area contributed by atoms with Gasteiger partial charge in [0.1, 0.15) is 5.69 Å². The molecular weight excluding hydrogens is 522 g/mol. The first-order valence-electron chi connectivity index (χ1n) is 14.1. The Balaban J connectivity index is 0.000000228. The number of nitroso groups, excluding NO2 is 1. The Morgan fingerprint density at radius 3 is 2.23 bits per heavy atom. The number of aliphatic imine (C=N–C) groups is 1. The van der Waals surface area contributed by atoms with E-state index in [1.165, 1.54) is 94.3 Å². The second-order valence-electron chi connectivity index (χ2n) is 10.3. The van der Waals surface area contributed by atoms with E-state index in [1.807, 2.05) is 13.0 Å². The number of anilines is 2. The van der Waals surface area contributed by atoms with Gasteiger partial charge in [-0.25, -0.2) is 0 Å². The van der Waals surface area contributed by atoms with E-state index in [4.69, 9.17) is 11.6 Å². The van der Waals surface area contributed by atoms with E-state index in [1.54, 1.807) is 12.3 Å². The van der Waals surface area contributed by atoms with Crippen molar-refractivity contribution < 1.29 is 4.79 Å². The molecule has 40 heavy (non-hydrogen) atoms. The van der Waals surface area contributed by atoms with Gasteiger partial charge < -0.3 is 15.1 Å². The molecule has 0 unspecified atom stereocenters. The molecule has 0 spiro atoms. The zero-order chi connectivity index (χ0) is 29.2. The van der Waals surface area contributed by atoms with Crippen LogP contribution in [-0.4, -0.2) is 49.7 Å². The fourth-order valence-corrected chi connectivity index (χ4v) is 4.79. The molecule has 216 valence electrons. The fourth-order valence-electron chi connectivity index (χ4n) is 4.58. The summed E-state index contributed by atoms with van der Waals surface area (Å²) in [6.45, 7) is 16.6. The average molecular weight is 566 g/mol. The molecule has 0 atom stereocenters. The number of allylic oxidation sites excluding steroid dienone is 2. The normalized spacial score (nSPS) is 15.6. The molecule has 1 amide bonds. The Hall–Kier alpha value is -3.29. The molecule has 4 rings (SSSR count). The molecule has 0 bridgehead atoms. The van der Waals surface area contributed by atoms with Crippen LogP contribution in [0.5, 0.6) is 0 Å². The lowest BCUT2D eigenvalue weighted by Gasteiger charge is -2.28. The third kappa shape index (κ3) is 12.3. The van der Waals surface area contributed by atoms with Gasteiger partial charge in [-0.15, -0.1) is 4.91 Å². The van der Waals surface area contributed by atoms with Crippen LogP contribution >= 0.6 is 11.6 Å². The number of carbonyl (C=O) groups excluding carboxylic acids is 1. The van der Waals surface area contributed by atoms with E-state index in [0.29, 0.717) is 12.1 Å². The van der Waals surface area contributed by atoms with Crippen molar-refractivity contribution in [2.75, 3.05) is 42.9 Å². The second-order valence-corrected chi connectivity index (χ2v) is 10.7. The fraction of sp³-hybridized carbons (Fsp3) is 0.438. The first-order chi connectivity index (χ1) is 19.4. The van der Waals surface area contributed by atoms with Crippen molar-refractivity contribution in [3.05, 3.63) is 82.9 Å². The second kappa shape index (κ2) is 18.9. The van der Waals surface area contributed by atoms with Crippen LogP contribution in [0.25, 0.3) is 0 Å². The van der Waals surface area contributed by atoms with Crippen LogP contribution in [0.4, 0.5) is 17.1 Å². The summed E-state index contributed by atoms with van der Waals surface area (Å²) in [7, 11) is 0. The topological polar surface area (TPSA) is 77.4 Å². The number of carbonyl (C=O) groups is 1. The van der Waals surface area contributed by atoms with Gasteiger partial charge in [0.2, 0.25) is 6.41 Å². The van der Waals surface area contributed by atoms with Crippen LogP contribution in [0, 0.1) is 10.8 Å². The van der Waals surface area contributed by atoms with Crippen LogP contribution in [0.15, 0.2) is 77.6 Å². The zero-order valence-corrected chi connectivity index (χ0v) is 24.9. The Kier molecular flexibility index (Phi) is 15.6. The summed E-state index contributed by atoms with van der Waals surface area (Å²) in [5.41, 5.74) is 4.23. The molecule has 7 nitrogen and oxygen atoms in total. The summed E-state index contributed by atoms with van der Waals surface area (Å²) in [6, 6.07) is 13.1. The van der Waals surface area contributed by atoms with Gasteiger partial charge >= 0.3 is 0 Å². The number of amides is 1.